The van der Waals surface area contributed by atoms with E-state index in [-0.39, 0.29) is 29.2 Å². The summed E-state index contributed by atoms with van der Waals surface area (Å²) in [5, 5.41) is 13.8. The number of rotatable bonds is 6. The van der Waals surface area contributed by atoms with Crippen LogP contribution in [0.15, 0.2) is 42.5 Å². The van der Waals surface area contributed by atoms with Gasteiger partial charge in [0, 0.05) is 18.2 Å². The van der Waals surface area contributed by atoms with Crippen LogP contribution < -0.4 is 10.1 Å². The van der Waals surface area contributed by atoms with Crippen molar-refractivity contribution in [3.05, 3.63) is 63.2 Å². The average molecular weight is 418 g/mol. The van der Waals surface area contributed by atoms with Crippen LogP contribution in [0.1, 0.15) is 37.3 Å². The van der Waals surface area contributed by atoms with Gasteiger partial charge in [0.25, 0.3) is 5.69 Å². The number of nitrogens with one attached hydrogen (secondary N) is 1. The summed E-state index contributed by atoms with van der Waals surface area (Å²) in [6, 6.07) is 12.2. The molecule has 2 aromatic carbocycles. The Labute approximate surface area is 174 Å². The lowest BCUT2D eigenvalue weighted by Gasteiger charge is -2.30. The van der Waals surface area contributed by atoms with Gasteiger partial charge in [-0.25, -0.2) is 0 Å². The van der Waals surface area contributed by atoms with Gasteiger partial charge in [-0.3, -0.25) is 19.8 Å². The summed E-state index contributed by atoms with van der Waals surface area (Å²) in [6.45, 7) is 1.06. The maximum atomic E-state index is 12.7. The van der Waals surface area contributed by atoms with Crippen molar-refractivity contribution in [3.63, 3.8) is 0 Å². The lowest BCUT2D eigenvalue weighted by Crippen LogP contribution is -2.36. The third-order valence-electron chi connectivity index (χ3n) is 5.15. The Morgan fingerprint density at radius 3 is 2.66 bits per heavy atom. The first-order valence-corrected chi connectivity index (χ1v) is 9.97. The van der Waals surface area contributed by atoms with Gasteiger partial charge in [0.15, 0.2) is 0 Å². The van der Waals surface area contributed by atoms with Crippen LogP contribution in [0.3, 0.4) is 0 Å². The molecule has 2 aromatic rings. The fraction of sp³-hybridized carbons (Fsp3) is 0.381. The van der Waals surface area contributed by atoms with Gasteiger partial charge in [-0.15, -0.1) is 0 Å². The van der Waals surface area contributed by atoms with Crippen molar-refractivity contribution < 1.29 is 14.5 Å². The maximum absolute atomic E-state index is 12.7. The molecule has 3 rings (SSSR count). The van der Waals surface area contributed by atoms with Gasteiger partial charge < -0.3 is 10.1 Å². The number of nitro benzene ring substituents is 1. The number of non-ortho nitro benzene ring substituents is 1. The van der Waals surface area contributed by atoms with E-state index in [2.05, 4.69) is 10.2 Å². The van der Waals surface area contributed by atoms with E-state index in [4.69, 9.17) is 16.3 Å². The lowest BCUT2D eigenvalue weighted by molar-refractivity contribution is -0.384. The van der Waals surface area contributed by atoms with Gasteiger partial charge in [0.05, 0.1) is 29.3 Å². The molecule has 1 atom stereocenters. The van der Waals surface area contributed by atoms with E-state index in [1.54, 1.807) is 7.11 Å². The Bertz CT molecular complexity index is 873. The maximum Gasteiger partial charge on any atom is 0.271 e. The number of nitro groups is 1. The molecule has 29 heavy (non-hydrogen) atoms. The van der Waals surface area contributed by atoms with Crippen LogP contribution in [0.25, 0.3) is 0 Å². The van der Waals surface area contributed by atoms with Crippen LogP contribution in [-0.2, 0) is 4.79 Å². The van der Waals surface area contributed by atoms with Crippen molar-refractivity contribution >= 4 is 28.9 Å². The van der Waals surface area contributed by atoms with Crippen molar-refractivity contribution in [1.82, 2.24) is 4.90 Å². The summed E-state index contributed by atoms with van der Waals surface area (Å²) in [5.41, 5.74) is 1.42. The number of methoxy groups -OCH3 is 1. The van der Waals surface area contributed by atoms with Crippen LogP contribution in [0.4, 0.5) is 11.4 Å². The predicted octanol–water partition coefficient (Wildman–Crippen LogP) is 4.81. The molecule has 8 heteroatoms. The number of amides is 1. The standard InChI is InChI=1S/C21H24ClN3O4/c1-29-17-9-6-15(7-10-17)20-5-3-2-4-12-24(20)14-21(26)23-19-11-8-16(25(27)28)13-18(19)22/h6-11,13,20H,2-5,12,14H2,1H3,(H,23,26)/t20-/m1/s1. The first-order valence-electron chi connectivity index (χ1n) is 9.59. The van der Waals surface area contributed by atoms with E-state index >= 15 is 0 Å². The van der Waals surface area contributed by atoms with E-state index < -0.39 is 4.92 Å². The third-order valence-corrected chi connectivity index (χ3v) is 5.46. The van der Waals surface area contributed by atoms with Crippen molar-refractivity contribution in [2.24, 2.45) is 0 Å². The number of ether oxygens (including phenoxy) is 1. The Hall–Kier alpha value is -2.64. The van der Waals surface area contributed by atoms with E-state index in [1.807, 2.05) is 24.3 Å². The Morgan fingerprint density at radius 2 is 2.00 bits per heavy atom. The minimum Gasteiger partial charge on any atom is -0.497 e. The molecular weight excluding hydrogens is 394 g/mol. The SMILES string of the molecule is COc1ccc([C@H]2CCCCCN2CC(=O)Nc2ccc([N+](=O)[O-])cc2Cl)cc1. The van der Waals surface area contributed by atoms with Crippen LogP contribution in [-0.4, -0.2) is 35.9 Å². The lowest BCUT2D eigenvalue weighted by atomic mass is 10.0. The molecule has 1 saturated heterocycles. The second-order valence-corrected chi connectivity index (χ2v) is 7.49. The van der Waals surface area contributed by atoms with Gasteiger partial charge >= 0.3 is 0 Å². The first kappa shape index (κ1) is 21.1. The van der Waals surface area contributed by atoms with E-state index in [0.717, 1.165) is 43.5 Å². The Morgan fingerprint density at radius 1 is 1.24 bits per heavy atom. The molecule has 1 N–H and O–H groups in total. The fourth-order valence-corrected chi connectivity index (χ4v) is 3.88. The summed E-state index contributed by atoms with van der Waals surface area (Å²) in [7, 11) is 1.64. The highest BCUT2D eigenvalue weighted by Crippen LogP contribution is 2.31. The monoisotopic (exact) mass is 417 g/mol. The third kappa shape index (κ3) is 5.46. The number of hydrogen-bond donors (Lipinski definition) is 1. The zero-order valence-corrected chi connectivity index (χ0v) is 17.0. The number of carbonyl (C=O) groups is 1. The number of nitrogens with zero attached hydrogens (tertiary/aromatic N) is 2. The van der Waals surface area contributed by atoms with Crippen molar-refractivity contribution in [2.45, 2.75) is 31.7 Å². The molecule has 0 saturated carbocycles. The second-order valence-electron chi connectivity index (χ2n) is 7.08. The van der Waals surface area contributed by atoms with Gasteiger partial charge in [-0.05, 0) is 43.1 Å². The summed E-state index contributed by atoms with van der Waals surface area (Å²) in [5.74, 6) is 0.612. The highest BCUT2D eigenvalue weighted by Gasteiger charge is 2.25. The predicted molar refractivity (Wildman–Crippen MR) is 113 cm³/mol. The van der Waals surface area contributed by atoms with Gasteiger partial charge in [-0.2, -0.15) is 0 Å². The number of benzene rings is 2. The molecule has 0 unspecified atom stereocenters. The molecule has 1 heterocycles. The van der Waals surface area contributed by atoms with Gasteiger partial charge in [0.1, 0.15) is 5.75 Å². The smallest absolute Gasteiger partial charge is 0.271 e. The highest BCUT2D eigenvalue weighted by molar-refractivity contribution is 6.34. The minimum absolute atomic E-state index is 0.111. The van der Waals surface area contributed by atoms with E-state index in [0.29, 0.717) is 5.69 Å². The summed E-state index contributed by atoms with van der Waals surface area (Å²) in [4.78, 5) is 25.2. The number of hydrogen-bond acceptors (Lipinski definition) is 5. The van der Waals surface area contributed by atoms with Gasteiger partial charge in [-0.1, -0.05) is 36.6 Å². The molecule has 0 spiro atoms. The normalized spacial score (nSPS) is 17.4. The second kappa shape index (κ2) is 9.71. The molecule has 7 nitrogen and oxygen atoms in total. The van der Waals surface area contributed by atoms with Crippen LogP contribution in [0.5, 0.6) is 5.75 Å². The molecule has 0 aliphatic carbocycles. The number of anilines is 1. The molecule has 1 amide bonds. The number of likely N-dealkylation sites (tertiary alicyclic amines) is 1. The quantitative estimate of drug-likeness (QED) is 0.538. The van der Waals surface area contributed by atoms with Crippen LogP contribution >= 0.6 is 11.6 Å². The van der Waals surface area contributed by atoms with Crippen LogP contribution in [0.2, 0.25) is 5.02 Å². The average Bonchev–Trinajstić information content (AvgIpc) is 2.95. The highest BCUT2D eigenvalue weighted by atomic mass is 35.5. The summed E-state index contributed by atoms with van der Waals surface area (Å²) < 4.78 is 5.24. The molecular formula is C21H24ClN3O4. The van der Waals surface area contributed by atoms with Crippen molar-refractivity contribution in [1.29, 1.82) is 0 Å². The van der Waals surface area contributed by atoms with Crippen LogP contribution in [0, 0.1) is 10.1 Å². The zero-order chi connectivity index (χ0) is 20.8. The minimum atomic E-state index is -0.520. The molecule has 154 valence electrons. The molecule has 0 radical (unpaired) electrons. The zero-order valence-electron chi connectivity index (χ0n) is 16.3. The summed E-state index contributed by atoms with van der Waals surface area (Å²) in [6.07, 6.45) is 4.28. The fourth-order valence-electron chi connectivity index (χ4n) is 3.65. The van der Waals surface area contributed by atoms with Crippen molar-refractivity contribution in [2.75, 3.05) is 25.5 Å². The first-order chi connectivity index (χ1) is 14.0. The van der Waals surface area contributed by atoms with Gasteiger partial charge in [0.2, 0.25) is 5.91 Å². The van der Waals surface area contributed by atoms with Crippen molar-refractivity contribution in [3.8, 4) is 5.75 Å². The summed E-state index contributed by atoms with van der Waals surface area (Å²) >= 11 is 6.09. The number of halogens is 1. The number of carbonyl (C=O) groups excluding carboxylic acids is 1. The molecule has 1 aliphatic rings. The largest absolute Gasteiger partial charge is 0.497 e. The Kier molecular flexibility index (Phi) is 7.06. The molecule has 1 aliphatic heterocycles. The van der Waals surface area contributed by atoms with E-state index in [9.17, 15) is 14.9 Å². The molecule has 1 fully saturated rings. The molecule has 0 aromatic heterocycles. The molecule has 0 bridgehead atoms. The topological polar surface area (TPSA) is 84.7 Å². The Balaban J connectivity index is 1.71. The van der Waals surface area contributed by atoms with E-state index in [1.165, 1.54) is 18.2 Å².